The lowest BCUT2D eigenvalue weighted by Crippen LogP contribution is -2.36. The van der Waals surface area contributed by atoms with Crippen LogP contribution in [0.15, 0.2) is 43.0 Å². The first-order valence-electron chi connectivity index (χ1n) is 6.43. The van der Waals surface area contributed by atoms with E-state index >= 15 is 0 Å². The maximum absolute atomic E-state index is 12.1. The Morgan fingerprint density at radius 2 is 2.10 bits per heavy atom. The lowest BCUT2D eigenvalue weighted by molar-refractivity contribution is 0.520. The van der Waals surface area contributed by atoms with Crippen molar-refractivity contribution in [2.24, 2.45) is 0 Å². The predicted molar refractivity (Wildman–Crippen MR) is 78.6 cm³/mol. The SMILES string of the molecule is CC(Cn1ccnc1)NS(=O)(=O)Cc1ccc(C#N)cc1. The molecule has 0 radical (unpaired) electrons. The van der Waals surface area contributed by atoms with Gasteiger partial charge in [0.25, 0.3) is 0 Å². The summed E-state index contributed by atoms with van der Waals surface area (Å²) in [5, 5.41) is 8.71. The second-order valence-corrected chi connectivity index (χ2v) is 6.60. The van der Waals surface area contributed by atoms with E-state index in [-0.39, 0.29) is 11.8 Å². The van der Waals surface area contributed by atoms with Gasteiger partial charge in [-0.25, -0.2) is 18.1 Å². The van der Waals surface area contributed by atoms with E-state index in [2.05, 4.69) is 9.71 Å². The highest BCUT2D eigenvalue weighted by Gasteiger charge is 2.15. The zero-order valence-electron chi connectivity index (χ0n) is 11.6. The number of rotatable bonds is 6. The number of aromatic nitrogens is 2. The molecule has 0 aliphatic rings. The molecule has 1 unspecified atom stereocenters. The van der Waals surface area contributed by atoms with E-state index < -0.39 is 10.0 Å². The molecule has 7 heteroatoms. The number of hydrogen-bond acceptors (Lipinski definition) is 4. The van der Waals surface area contributed by atoms with Crippen molar-refractivity contribution >= 4 is 10.0 Å². The van der Waals surface area contributed by atoms with Crippen molar-refractivity contribution in [3.05, 3.63) is 54.1 Å². The van der Waals surface area contributed by atoms with E-state index in [9.17, 15) is 8.42 Å². The van der Waals surface area contributed by atoms with Crippen LogP contribution in [0.1, 0.15) is 18.1 Å². The molecule has 110 valence electrons. The first-order chi connectivity index (χ1) is 9.98. The molecule has 0 saturated carbocycles. The van der Waals surface area contributed by atoms with Crippen LogP contribution in [0.4, 0.5) is 0 Å². The highest BCUT2D eigenvalue weighted by Crippen LogP contribution is 2.08. The maximum Gasteiger partial charge on any atom is 0.216 e. The summed E-state index contributed by atoms with van der Waals surface area (Å²) in [5.41, 5.74) is 1.16. The summed E-state index contributed by atoms with van der Waals surface area (Å²) in [5.74, 6) is -0.104. The van der Waals surface area contributed by atoms with Gasteiger partial charge < -0.3 is 4.57 Å². The zero-order chi connectivity index (χ0) is 15.3. The summed E-state index contributed by atoms with van der Waals surface area (Å²) in [6.45, 7) is 2.32. The van der Waals surface area contributed by atoms with Crippen LogP contribution in [0.25, 0.3) is 0 Å². The van der Waals surface area contributed by atoms with Crippen molar-refractivity contribution < 1.29 is 8.42 Å². The topological polar surface area (TPSA) is 87.8 Å². The van der Waals surface area contributed by atoms with Crippen LogP contribution in [-0.2, 0) is 22.3 Å². The molecular weight excluding hydrogens is 288 g/mol. The Morgan fingerprint density at radius 3 is 2.67 bits per heavy atom. The van der Waals surface area contributed by atoms with Gasteiger partial charge in [-0.2, -0.15) is 5.26 Å². The number of hydrogen-bond donors (Lipinski definition) is 1. The molecular formula is C14H16N4O2S. The average Bonchev–Trinajstić information content (AvgIpc) is 2.91. The van der Waals surface area contributed by atoms with Gasteiger partial charge in [0.1, 0.15) is 0 Å². The molecule has 21 heavy (non-hydrogen) atoms. The number of benzene rings is 1. The summed E-state index contributed by atoms with van der Waals surface area (Å²) in [6.07, 6.45) is 5.08. The van der Waals surface area contributed by atoms with Crippen LogP contribution < -0.4 is 4.72 Å². The fourth-order valence-electron chi connectivity index (χ4n) is 1.99. The van der Waals surface area contributed by atoms with Crippen molar-refractivity contribution in [1.82, 2.24) is 14.3 Å². The van der Waals surface area contributed by atoms with Gasteiger partial charge in [0.2, 0.25) is 10.0 Å². The van der Waals surface area contributed by atoms with Crippen LogP contribution in [0.3, 0.4) is 0 Å². The second kappa shape index (κ2) is 6.52. The summed E-state index contributed by atoms with van der Waals surface area (Å²) < 4.78 is 28.6. The van der Waals surface area contributed by atoms with E-state index in [4.69, 9.17) is 5.26 Å². The minimum absolute atomic E-state index is 0.104. The van der Waals surface area contributed by atoms with Crippen molar-refractivity contribution in [2.75, 3.05) is 0 Å². The van der Waals surface area contributed by atoms with E-state index in [0.717, 1.165) is 0 Å². The molecule has 0 fully saturated rings. The number of nitrogens with one attached hydrogen (secondary N) is 1. The molecule has 0 saturated heterocycles. The third-order valence-electron chi connectivity index (χ3n) is 2.86. The Balaban J connectivity index is 1.96. The van der Waals surface area contributed by atoms with Crippen molar-refractivity contribution in [1.29, 1.82) is 5.26 Å². The molecule has 1 N–H and O–H groups in total. The Morgan fingerprint density at radius 1 is 1.38 bits per heavy atom. The fourth-order valence-corrected chi connectivity index (χ4v) is 3.39. The molecule has 1 aromatic carbocycles. The summed E-state index contributed by atoms with van der Waals surface area (Å²) >= 11 is 0. The number of imidazole rings is 1. The second-order valence-electron chi connectivity index (χ2n) is 4.85. The Kier molecular flexibility index (Phi) is 4.73. The van der Waals surface area contributed by atoms with Crippen LogP contribution in [0.5, 0.6) is 0 Å². The molecule has 0 aliphatic heterocycles. The molecule has 0 aliphatic carbocycles. The third kappa shape index (κ3) is 4.70. The first-order valence-corrected chi connectivity index (χ1v) is 8.08. The van der Waals surface area contributed by atoms with Gasteiger partial charge in [-0.3, -0.25) is 0 Å². The maximum atomic E-state index is 12.1. The highest BCUT2D eigenvalue weighted by atomic mass is 32.2. The minimum atomic E-state index is -3.42. The molecule has 2 aromatic rings. The van der Waals surface area contributed by atoms with Gasteiger partial charge in [-0.05, 0) is 24.6 Å². The molecule has 2 rings (SSSR count). The summed E-state index contributed by atoms with van der Waals surface area (Å²) in [4.78, 5) is 3.92. The van der Waals surface area contributed by atoms with Gasteiger partial charge in [0.15, 0.2) is 0 Å². The van der Waals surface area contributed by atoms with Crippen LogP contribution >= 0.6 is 0 Å². The van der Waals surface area contributed by atoms with Gasteiger partial charge in [0.05, 0.1) is 23.7 Å². The fraction of sp³-hybridized carbons (Fsp3) is 0.286. The van der Waals surface area contributed by atoms with Crippen molar-refractivity contribution in [3.63, 3.8) is 0 Å². The van der Waals surface area contributed by atoms with Gasteiger partial charge >= 0.3 is 0 Å². The van der Waals surface area contributed by atoms with Crippen LogP contribution in [0, 0.1) is 11.3 Å². The third-order valence-corrected chi connectivity index (χ3v) is 4.34. The Hall–Kier alpha value is -2.17. The average molecular weight is 304 g/mol. The quantitative estimate of drug-likeness (QED) is 0.870. The lowest BCUT2D eigenvalue weighted by atomic mass is 10.2. The molecule has 0 bridgehead atoms. The summed E-state index contributed by atoms with van der Waals surface area (Å²) in [6, 6.07) is 8.29. The van der Waals surface area contributed by atoms with E-state index in [1.807, 2.05) is 10.6 Å². The highest BCUT2D eigenvalue weighted by molar-refractivity contribution is 7.88. The van der Waals surface area contributed by atoms with Gasteiger partial charge in [-0.15, -0.1) is 0 Å². The number of nitriles is 1. The van der Waals surface area contributed by atoms with Crippen LogP contribution in [0.2, 0.25) is 0 Å². The number of nitrogens with zero attached hydrogens (tertiary/aromatic N) is 3. The van der Waals surface area contributed by atoms with E-state index in [1.165, 1.54) is 0 Å². The molecule has 0 spiro atoms. The first kappa shape index (κ1) is 15.2. The largest absolute Gasteiger partial charge is 0.336 e. The van der Waals surface area contributed by atoms with Crippen LogP contribution in [-0.4, -0.2) is 24.0 Å². The smallest absolute Gasteiger partial charge is 0.216 e. The molecule has 1 heterocycles. The van der Waals surface area contributed by atoms with E-state index in [0.29, 0.717) is 17.7 Å². The zero-order valence-corrected chi connectivity index (χ0v) is 12.4. The Bertz CT molecular complexity index is 715. The van der Waals surface area contributed by atoms with E-state index in [1.54, 1.807) is 49.9 Å². The van der Waals surface area contributed by atoms with Crippen molar-refractivity contribution in [3.8, 4) is 6.07 Å². The van der Waals surface area contributed by atoms with Crippen molar-refractivity contribution in [2.45, 2.75) is 25.3 Å². The van der Waals surface area contributed by atoms with Gasteiger partial charge in [-0.1, -0.05) is 12.1 Å². The lowest BCUT2D eigenvalue weighted by Gasteiger charge is -2.14. The van der Waals surface area contributed by atoms with Gasteiger partial charge in [0, 0.05) is 25.0 Å². The monoisotopic (exact) mass is 304 g/mol. The Labute approximate surface area is 124 Å². The minimum Gasteiger partial charge on any atom is -0.336 e. The normalized spacial score (nSPS) is 12.8. The molecule has 1 atom stereocenters. The molecule has 6 nitrogen and oxygen atoms in total. The molecule has 1 aromatic heterocycles. The predicted octanol–water partition coefficient (Wildman–Crippen LogP) is 1.26. The standard InChI is InChI=1S/C14H16N4O2S/c1-12(9-18-7-6-16-11-18)17-21(19,20)10-14-4-2-13(8-15)3-5-14/h2-7,11-12,17H,9-10H2,1H3. The number of sulfonamides is 1. The molecule has 0 amide bonds. The summed E-state index contributed by atoms with van der Waals surface area (Å²) in [7, 11) is -3.42.